The van der Waals surface area contributed by atoms with Crippen molar-refractivity contribution in [1.82, 2.24) is 14.9 Å². The second-order valence-corrected chi connectivity index (χ2v) is 6.36. The van der Waals surface area contributed by atoms with Gasteiger partial charge in [0.15, 0.2) is 0 Å². The number of carbonyl (C=O) groups excluding carboxylic acids is 1. The number of methoxy groups -OCH3 is 1. The second-order valence-electron chi connectivity index (χ2n) is 6.36. The molecule has 1 aromatic heterocycles. The third-order valence-electron chi connectivity index (χ3n) is 2.68. The number of nitrogens with one attached hydrogen (secondary N) is 1. The summed E-state index contributed by atoms with van der Waals surface area (Å²) in [5.41, 5.74) is 0.174. The maximum absolute atomic E-state index is 11.7. The summed E-state index contributed by atoms with van der Waals surface area (Å²) in [5, 5.41) is 2.73. The Labute approximate surface area is 120 Å². The van der Waals surface area contributed by atoms with Crippen molar-refractivity contribution in [2.45, 2.75) is 52.3 Å². The monoisotopic (exact) mass is 283 g/mol. The minimum absolute atomic E-state index is 0.226. The Kier molecular flexibility index (Phi) is 5.16. The van der Waals surface area contributed by atoms with Gasteiger partial charge in [0, 0.05) is 13.3 Å². The van der Waals surface area contributed by atoms with Crippen molar-refractivity contribution in [2.75, 3.05) is 13.7 Å². The number of carbonyl (C=O) groups is 1. The molecule has 0 radical (unpaired) electrons. The first-order valence-corrected chi connectivity index (χ1v) is 6.63. The van der Waals surface area contributed by atoms with Crippen LogP contribution in [0.15, 0.2) is 12.5 Å². The van der Waals surface area contributed by atoms with Gasteiger partial charge < -0.3 is 19.4 Å². The Morgan fingerprint density at radius 1 is 1.35 bits per heavy atom. The lowest BCUT2D eigenvalue weighted by molar-refractivity contribution is 0.0520. The number of ether oxygens (including phenoxy) is 2. The van der Waals surface area contributed by atoms with Crippen LogP contribution in [0.4, 0.5) is 4.79 Å². The van der Waals surface area contributed by atoms with Crippen molar-refractivity contribution in [2.24, 2.45) is 0 Å². The van der Waals surface area contributed by atoms with E-state index < -0.39 is 11.7 Å². The molecule has 0 unspecified atom stereocenters. The Hall–Kier alpha value is -1.56. The lowest BCUT2D eigenvalue weighted by Crippen LogP contribution is -2.36. The van der Waals surface area contributed by atoms with Gasteiger partial charge in [0.25, 0.3) is 0 Å². The van der Waals surface area contributed by atoms with Gasteiger partial charge in [-0.1, -0.05) is 0 Å². The molecular formula is C14H25N3O3. The molecule has 20 heavy (non-hydrogen) atoms. The normalized spacial score (nSPS) is 12.3. The van der Waals surface area contributed by atoms with Crippen molar-refractivity contribution >= 4 is 6.09 Å². The van der Waals surface area contributed by atoms with Crippen molar-refractivity contribution < 1.29 is 14.3 Å². The third kappa shape index (κ3) is 4.85. The Morgan fingerprint density at radius 2 is 2.00 bits per heavy atom. The summed E-state index contributed by atoms with van der Waals surface area (Å²) in [7, 11) is 1.66. The number of rotatable bonds is 5. The Balaban J connectivity index is 2.67. The van der Waals surface area contributed by atoms with Crippen molar-refractivity contribution in [1.29, 1.82) is 0 Å². The Bertz CT molecular complexity index is 447. The highest BCUT2D eigenvalue weighted by Gasteiger charge is 2.23. The Morgan fingerprint density at radius 3 is 2.55 bits per heavy atom. The van der Waals surface area contributed by atoms with Crippen LogP contribution in [0.1, 0.15) is 40.3 Å². The van der Waals surface area contributed by atoms with Crippen LogP contribution in [0.25, 0.3) is 0 Å². The van der Waals surface area contributed by atoms with Gasteiger partial charge in [-0.05, 0) is 34.6 Å². The van der Waals surface area contributed by atoms with Gasteiger partial charge in [-0.15, -0.1) is 0 Å². The first-order chi connectivity index (χ1) is 9.15. The van der Waals surface area contributed by atoms with Crippen LogP contribution in [0, 0.1) is 0 Å². The zero-order chi connectivity index (χ0) is 15.4. The van der Waals surface area contributed by atoms with Crippen LogP contribution < -0.4 is 5.32 Å². The zero-order valence-corrected chi connectivity index (χ0v) is 13.2. The summed E-state index contributed by atoms with van der Waals surface area (Å²) in [6.07, 6.45) is 3.04. The molecule has 6 nitrogen and oxygen atoms in total. The summed E-state index contributed by atoms with van der Waals surface area (Å²) >= 11 is 0. The van der Waals surface area contributed by atoms with E-state index in [9.17, 15) is 4.79 Å². The van der Waals surface area contributed by atoms with Crippen LogP contribution in [0.5, 0.6) is 0 Å². The van der Waals surface area contributed by atoms with E-state index in [1.807, 2.05) is 25.3 Å². The lowest BCUT2D eigenvalue weighted by Gasteiger charge is -2.28. The molecule has 1 heterocycles. The molecule has 0 saturated heterocycles. The summed E-state index contributed by atoms with van der Waals surface area (Å²) in [5.74, 6) is 0. The third-order valence-corrected chi connectivity index (χ3v) is 2.68. The molecule has 0 fully saturated rings. The molecule has 0 saturated carbocycles. The topological polar surface area (TPSA) is 65.4 Å². The molecule has 0 spiro atoms. The maximum Gasteiger partial charge on any atom is 0.407 e. The van der Waals surface area contributed by atoms with Gasteiger partial charge in [0.1, 0.15) is 5.60 Å². The molecular weight excluding hydrogens is 258 g/mol. The molecule has 0 aliphatic rings. The first kappa shape index (κ1) is 16.5. The van der Waals surface area contributed by atoms with Crippen LogP contribution >= 0.6 is 0 Å². The number of alkyl carbamates (subject to hydrolysis) is 1. The zero-order valence-electron chi connectivity index (χ0n) is 13.2. The standard InChI is InChI=1S/C14H25N3O3/c1-13(2,3)20-12(18)16-8-11-7-15-10-17(11)14(4,5)9-19-6/h7,10H,8-9H2,1-6H3,(H,16,18). The highest BCUT2D eigenvalue weighted by atomic mass is 16.6. The molecule has 0 aromatic carbocycles. The second kappa shape index (κ2) is 6.26. The van der Waals surface area contributed by atoms with Crippen LogP contribution in [0.3, 0.4) is 0 Å². The number of aromatic nitrogens is 2. The minimum atomic E-state index is -0.500. The average Bonchev–Trinajstić information content (AvgIpc) is 2.72. The molecule has 114 valence electrons. The summed E-state index contributed by atoms with van der Waals surface area (Å²) in [4.78, 5) is 15.8. The van der Waals surface area contributed by atoms with E-state index in [-0.39, 0.29) is 5.54 Å². The number of imidazole rings is 1. The van der Waals surface area contributed by atoms with E-state index >= 15 is 0 Å². The highest BCUT2D eigenvalue weighted by molar-refractivity contribution is 5.67. The number of hydrogen-bond acceptors (Lipinski definition) is 4. The molecule has 1 N–H and O–H groups in total. The fraction of sp³-hybridized carbons (Fsp3) is 0.714. The quantitative estimate of drug-likeness (QED) is 0.900. The predicted octanol–water partition coefficient (Wildman–Crippen LogP) is 2.29. The molecule has 1 amide bonds. The fourth-order valence-electron chi connectivity index (χ4n) is 1.90. The molecule has 0 aliphatic carbocycles. The van der Waals surface area contributed by atoms with Gasteiger partial charge in [0.2, 0.25) is 0 Å². The molecule has 0 aliphatic heterocycles. The van der Waals surface area contributed by atoms with E-state index in [1.54, 1.807) is 19.6 Å². The van der Waals surface area contributed by atoms with Gasteiger partial charge in [0.05, 0.1) is 30.7 Å². The average molecular weight is 283 g/mol. The maximum atomic E-state index is 11.7. The van der Waals surface area contributed by atoms with Gasteiger partial charge in [-0.25, -0.2) is 9.78 Å². The van der Waals surface area contributed by atoms with Gasteiger partial charge in [-0.2, -0.15) is 0 Å². The number of nitrogens with zero attached hydrogens (tertiary/aromatic N) is 2. The summed E-state index contributed by atoms with van der Waals surface area (Å²) in [6, 6.07) is 0. The predicted molar refractivity (Wildman–Crippen MR) is 76.5 cm³/mol. The van der Waals surface area contributed by atoms with E-state index in [2.05, 4.69) is 24.1 Å². The molecule has 0 atom stereocenters. The van der Waals surface area contributed by atoms with Crippen LogP contribution in [0.2, 0.25) is 0 Å². The van der Waals surface area contributed by atoms with Crippen molar-refractivity contribution in [3.8, 4) is 0 Å². The fourth-order valence-corrected chi connectivity index (χ4v) is 1.90. The van der Waals surface area contributed by atoms with Gasteiger partial charge in [-0.3, -0.25) is 0 Å². The highest BCUT2D eigenvalue weighted by Crippen LogP contribution is 2.18. The molecule has 0 bridgehead atoms. The van der Waals surface area contributed by atoms with E-state index in [1.165, 1.54) is 0 Å². The number of hydrogen-bond donors (Lipinski definition) is 1. The molecule has 1 aromatic rings. The first-order valence-electron chi connectivity index (χ1n) is 6.63. The minimum Gasteiger partial charge on any atom is -0.444 e. The van der Waals surface area contributed by atoms with Crippen molar-refractivity contribution in [3.63, 3.8) is 0 Å². The smallest absolute Gasteiger partial charge is 0.407 e. The van der Waals surface area contributed by atoms with Crippen LogP contribution in [-0.2, 0) is 21.6 Å². The van der Waals surface area contributed by atoms with Gasteiger partial charge >= 0.3 is 6.09 Å². The summed E-state index contributed by atoms with van der Waals surface area (Å²) in [6.45, 7) is 10.5. The number of amides is 1. The largest absolute Gasteiger partial charge is 0.444 e. The SMILES string of the molecule is COCC(C)(C)n1cncc1CNC(=O)OC(C)(C)C. The molecule has 1 rings (SSSR count). The van der Waals surface area contributed by atoms with E-state index in [4.69, 9.17) is 9.47 Å². The van der Waals surface area contributed by atoms with Crippen LogP contribution in [-0.4, -0.2) is 35.0 Å². The van der Waals surface area contributed by atoms with E-state index in [0.717, 1.165) is 5.69 Å². The summed E-state index contributed by atoms with van der Waals surface area (Å²) < 4.78 is 12.4. The lowest BCUT2D eigenvalue weighted by atomic mass is 10.1. The van der Waals surface area contributed by atoms with E-state index in [0.29, 0.717) is 13.2 Å². The van der Waals surface area contributed by atoms with Crippen molar-refractivity contribution in [3.05, 3.63) is 18.2 Å². The molecule has 6 heteroatoms.